The van der Waals surface area contributed by atoms with Crippen LogP contribution >= 0.6 is 15.9 Å². The second-order valence-corrected chi connectivity index (χ2v) is 6.98. The Hall–Kier alpha value is -1.86. The number of anilines is 1. The minimum Gasteiger partial charge on any atom is -0.496 e. The lowest BCUT2D eigenvalue weighted by atomic mass is 10.0. The summed E-state index contributed by atoms with van der Waals surface area (Å²) in [6.07, 6.45) is 4.10. The highest BCUT2D eigenvalue weighted by Crippen LogP contribution is 2.32. The number of aromatic nitrogens is 2. The summed E-state index contributed by atoms with van der Waals surface area (Å²) in [4.78, 5) is 14.5. The van der Waals surface area contributed by atoms with Crippen molar-refractivity contribution in [1.29, 1.82) is 0 Å². The highest BCUT2D eigenvalue weighted by atomic mass is 79.9. The number of aryl methyl sites for hydroxylation is 1. The summed E-state index contributed by atoms with van der Waals surface area (Å²) in [6.45, 7) is 2.81. The number of hydrogen-bond acceptors (Lipinski definition) is 5. The highest BCUT2D eigenvalue weighted by Gasteiger charge is 2.26. The molecule has 1 N–H and O–H groups in total. The highest BCUT2D eigenvalue weighted by molar-refractivity contribution is 9.10. The topological polar surface area (TPSA) is 59.4 Å². The van der Waals surface area contributed by atoms with Crippen molar-refractivity contribution in [1.82, 2.24) is 14.7 Å². The van der Waals surface area contributed by atoms with Crippen molar-refractivity contribution in [3.05, 3.63) is 50.9 Å². The average Bonchev–Trinajstić information content (AvgIpc) is 3.16. The molecular weight excluding hydrogens is 384 g/mol. The van der Waals surface area contributed by atoms with Crippen LogP contribution in [0.1, 0.15) is 24.4 Å². The van der Waals surface area contributed by atoms with Crippen LogP contribution in [0.5, 0.6) is 5.75 Å². The molecule has 0 aliphatic carbocycles. The number of hydrogen-bond donors (Lipinski definition) is 1. The molecule has 0 radical (unpaired) electrons. The first kappa shape index (κ1) is 17.9. The van der Waals surface area contributed by atoms with Gasteiger partial charge in [-0.15, -0.1) is 0 Å². The molecule has 2 aromatic rings. The Morgan fingerprint density at radius 1 is 1.32 bits per heavy atom. The standard InChI is InChI=1S/C18H23BrN4O2/c1-22-18(24)17(19)14(11-21-22)20-12-15(23-9-5-6-10-23)13-7-3-4-8-16(13)25-2/h3-4,7-8,11,15,20H,5-6,9-10,12H2,1-2H3. The van der Waals surface area contributed by atoms with Gasteiger partial charge in [0, 0.05) is 19.2 Å². The molecule has 6 nitrogen and oxygen atoms in total. The van der Waals surface area contributed by atoms with Gasteiger partial charge in [-0.2, -0.15) is 5.10 Å². The molecule has 1 aliphatic heterocycles. The van der Waals surface area contributed by atoms with E-state index in [0.717, 1.165) is 24.4 Å². The van der Waals surface area contributed by atoms with E-state index >= 15 is 0 Å². The zero-order valence-corrected chi connectivity index (χ0v) is 16.1. The molecule has 1 fully saturated rings. The van der Waals surface area contributed by atoms with Crippen molar-refractivity contribution in [2.24, 2.45) is 7.05 Å². The third kappa shape index (κ3) is 3.88. The molecule has 1 aromatic carbocycles. The largest absolute Gasteiger partial charge is 0.496 e. The second-order valence-electron chi connectivity index (χ2n) is 6.18. The molecule has 0 spiro atoms. The summed E-state index contributed by atoms with van der Waals surface area (Å²) in [5, 5.41) is 7.48. The molecule has 1 aliphatic rings. The molecule has 134 valence electrons. The molecule has 2 heterocycles. The van der Waals surface area contributed by atoms with Crippen LogP contribution in [0.2, 0.25) is 0 Å². The van der Waals surface area contributed by atoms with Crippen LogP contribution in [0.25, 0.3) is 0 Å². The van der Waals surface area contributed by atoms with Gasteiger partial charge in [0.15, 0.2) is 0 Å². The number of ether oxygens (including phenoxy) is 1. The van der Waals surface area contributed by atoms with Crippen LogP contribution < -0.4 is 15.6 Å². The average molecular weight is 407 g/mol. The van der Waals surface area contributed by atoms with Gasteiger partial charge in [-0.1, -0.05) is 18.2 Å². The molecular formula is C18H23BrN4O2. The Bertz CT molecular complexity index is 787. The first-order valence-corrected chi connectivity index (χ1v) is 9.23. The fraction of sp³-hybridized carbons (Fsp3) is 0.444. The van der Waals surface area contributed by atoms with E-state index in [0.29, 0.717) is 16.7 Å². The molecule has 25 heavy (non-hydrogen) atoms. The Labute approximate surface area is 155 Å². The maximum atomic E-state index is 12.0. The number of nitrogens with zero attached hydrogens (tertiary/aromatic N) is 3. The van der Waals surface area contributed by atoms with E-state index in [1.54, 1.807) is 20.4 Å². The van der Waals surface area contributed by atoms with E-state index in [-0.39, 0.29) is 11.6 Å². The third-order valence-electron chi connectivity index (χ3n) is 4.64. The Balaban J connectivity index is 1.86. The first-order chi connectivity index (χ1) is 12.1. The minimum atomic E-state index is -0.153. The Morgan fingerprint density at radius 3 is 2.76 bits per heavy atom. The number of likely N-dealkylation sites (tertiary alicyclic amines) is 1. The quantitative estimate of drug-likeness (QED) is 0.798. The second kappa shape index (κ2) is 8.01. The van der Waals surface area contributed by atoms with E-state index in [1.807, 2.05) is 18.2 Å². The zero-order valence-electron chi connectivity index (χ0n) is 14.5. The summed E-state index contributed by atoms with van der Waals surface area (Å²) in [5.41, 5.74) is 1.72. The zero-order chi connectivity index (χ0) is 17.8. The summed E-state index contributed by atoms with van der Waals surface area (Å²) in [5.74, 6) is 0.891. The van der Waals surface area contributed by atoms with Gasteiger partial charge in [0.25, 0.3) is 5.56 Å². The summed E-state index contributed by atoms with van der Waals surface area (Å²) in [6, 6.07) is 8.30. The summed E-state index contributed by atoms with van der Waals surface area (Å²) >= 11 is 3.37. The van der Waals surface area contributed by atoms with Crippen molar-refractivity contribution < 1.29 is 4.74 Å². The lowest BCUT2D eigenvalue weighted by molar-refractivity contribution is 0.249. The fourth-order valence-corrected chi connectivity index (χ4v) is 3.77. The molecule has 0 bridgehead atoms. The van der Waals surface area contributed by atoms with Gasteiger partial charge < -0.3 is 10.1 Å². The normalized spacial score (nSPS) is 16.0. The van der Waals surface area contributed by atoms with E-state index < -0.39 is 0 Å². The predicted molar refractivity (Wildman–Crippen MR) is 102 cm³/mol. The smallest absolute Gasteiger partial charge is 0.282 e. The van der Waals surface area contributed by atoms with Crippen LogP contribution in [-0.2, 0) is 7.05 Å². The van der Waals surface area contributed by atoms with Crippen molar-refractivity contribution >= 4 is 21.6 Å². The Morgan fingerprint density at radius 2 is 2.04 bits per heavy atom. The third-order valence-corrected chi connectivity index (χ3v) is 5.41. The van der Waals surface area contributed by atoms with Crippen LogP contribution in [0.3, 0.4) is 0 Å². The molecule has 1 unspecified atom stereocenters. The maximum Gasteiger partial charge on any atom is 0.282 e. The predicted octanol–water partition coefficient (Wildman–Crippen LogP) is 2.80. The van der Waals surface area contributed by atoms with E-state index in [4.69, 9.17) is 4.74 Å². The van der Waals surface area contributed by atoms with Crippen molar-refractivity contribution in [2.75, 3.05) is 32.1 Å². The monoisotopic (exact) mass is 406 g/mol. The van der Waals surface area contributed by atoms with Crippen molar-refractivity contribution in [3.63, 3.8) is 0 Å². The molecule has 0 saturated carbocycles. The van der Waals surface area contributed by atoms with Crippen molar-refractivity contribution in [3.8, 4) is 5.75 Å². The lowest BCUT2D eigenvalue weighted by Crippen LogP contribution is -2.32. The van der Waals surface area contributed by atoms with Crippen molar-refractivity contribution in [2.45, 2.75) is 18.9 Å². The van der Waals surface area contributed by atoms with Gasteiger partial charge >= 0.3 is 0 Å². The number of rotatable bonds is 6. The Kier molecular flexibility index (Phi) is 5.75. The van der Waals surface area contributed by atoms with E-state index in [2.05, 4.69) is 37.3 Å². The number of para-hydroxylation sites is 1. The summed E-state index contributed by atoms with van der Waals surface area (Å²) < 4.78 is 7.38. The number of halogens is 1. The summed E-state index contributed by atoms with van der Waals surface area (Å²) in [7, 11) is 3.34. The van der Waals surface area contributed by atoms with Crippen LogP contribution in [0.15, 0.2) is 39.7 Å². The van der Waals surface area contributed by atoms with Gasteiger partial charge in [0.05, 0.1) is 25.0 Å². The van der Waals surface area contributed by atoms with Gasteiger partial charge in [0.2, 0.25) is 0 Å². The van der Waals surface area contributed by atoms with Crippen LogP contribution in [0.4, 0.5) is 5.69 Å². The number of nitrogens with one attached hydrogen (secondary N) is 1. The molecule has 1 aromatic heterocycles. The van der Waals surface area contributed by atoms with Gasteiger partial charge in [-0.3, -0.25) is 9.69 Å². The van der Waals surface area contributed by atoms with Gasteiger partial charge in [0.1, 0.15) is 10.2 Å². The van der Waals surface area contributed by atoms with Gasteiger partial charge in [-0.25, -0.2) is 4.68 Å². The molecule has 0 amide bonds. The SMILES string of the molecule is COc1ccccc1C(CNc1cnn(C)c(=O)c1Br)N1CCCC1. The minimum absolute atomic E-state index is 0.153. The van der Waals surface area contributed by atoms with Crippen LogP contribution in [0, 0.1) is 0 Å². The molecule has 7 heteroatoms. The number of benzene rings is 1. The first-order valence-electron chi connectivity index (χ1n) is 8.44. The molecule has 1 saturated heterocycles. The van der Waals surface area contributed by atoms with Crippen LogP contribution in [-0.4, -0.2) is 41.4 Å². The maximum absolute atomic E-state index is 12.0. The van der Waals surface area contributed by atoms with E-state index in [9.17, 15) is 4.79 Å². The lowest BCUT2D eigenvalue weighted by Gasteiger charge is -2.29. The van der Waals surface area contributed by atoms with E-state index in [1.165, 1.54) is 17.5 Å². The molecule has 3 rings (SSSR count). The fourth-order valence-electron chi connectivity index (χ4n) is 3.27. The van der Waals surface area contributed by atoms with Gasteiger partial charge in [-0.05, 0) is 47.9 Å². The molecule has 1 atom stereocenters. The number of methoxy groups -OCH3 is 1.